The Morgan fingerprint density at radius 3 is 2.20 bits per heavy atom. The molecule has 2 N–H and O–H groups in total. The molecule has 0 atom stereocenters. The Balaban J connectivity index is 1.82. The molecule has 0 unspecified atom stereocenters. The molecular weight excluding hydrogens is 250 g/mol. The second kappa shape index (κ2) is 6.76. The van der Waals surface area contributed by atoms with Crippen LogP contribution in [0.3, 0.4) is 0 Å². The first-order chi connectivity index (χ1) is 9.45. The van der Waals surface area contributed by atoms with Crippen LogP contribution in [0.25, 0.3) is 0 Å². The summed E-state index contributed by atoms with van der Waals surface area (Å²) in [5.74, 6) is 1.49. The molecule has 3 heteroatoms. The quantitative estimate of drug-likeness (QED) is 0.860. The van der Waals surface area contributed by atoms with Crippen LogP contribution in [-0.4, -0.2) is 32.0 Å². The Morgan fingerprint density at radius 1 is 1.10 bits per heavy atom. The van der Waals surface area contributed by atoms with Crippen LogP contribution in [0, 0.1) is 17.3 Å². The summed E-state index contributed by atoms with van der Waals surface area (Å²) >= 11 is 0. The number of hydrogen-bond donors (Lipinski definition) is 1. The van der Waals surface area contributed by atoms with Gasteiger partial charge in [0, 0.05) is 19.8 Å². The van der Waals surface area contributed by atoms with E-state index in [9.17, 15) is 0 Å². The van der Waals surface area contributed by atoms with Gasteiger partial charge in [0.25, 0.3) is 0 Å². The van der Waals surface area contributed by atoms with E-state index in [1.54, 1.807) is 0 Å². The van der Waals surface area contributed by atoms with Crippen molar-refractivity contribution in [3.8, 4) is 0 Å². The van der Waals surface area contributed by atoms with Crippen LogP contribution in [0.4, 0.5) is 0 Å². The van der Waals surface area contributed by atoms with Gasteiger partial charge in [0.15, 0.2) is 0 Å². The maximum atomic E-state index is 6.34. The first-order valence-electron chi connectivity index (χ1n) is 8.37. The van der Waals surface area contributed by atoms with Gasteiger partial charge in [-0.1, -0.05) is 20.8 Å². The Morgan fingerprint density at radius 2 is 1.70 bits per heavy atom. The average molecular weight is 283 g/mol. The number of hydrogen-bond acceptors (Lipinski definition) is 3. The summed E-state index contributed by atoms with van der Waals surface area (Å²) in [5, 5.41) is 0. The second-order valence-electron chi connectivity index (χ2n) is 7.89. The van der Waals surface area contributed by atoms with Crippen LogP contribution >= 0.6 is 0 Å². The van der Waals surface area contributed by atoms with Gasteiger partial charge in [-0.3, -0.25) is 0 Å². The average Bonchev–Trinajstić information content (AvgIpc) is 2.46. The molecule has 3 nitrogen and oxygen atoms in total. The highest BCUT2D eigenvalue weighted by molar-refractivity contribution is 4.91. The Bertz CT molecular complexity index is 284. The summed E-state index contributed by atoms with van der Waals surface area (Å²) in [6.07, 6.45) is 7.07. The van der Waals surface area contributed by atoms with E-state index in [4.69, 9.17) is 15.2 Å². The van der Waals surface area contributed by atoms with E-state index in [0.717, 1.165) is 51.4 Å². The minimum absolute atomic E-state index is 0.0416. The van der Waals surface area contributed by atoms with Gasteiger partial charge in [0.1, 0.15) is 0 Å². The van der Waals surface area contributed by atoms with Crippen molar-refractivity contribution < 1.29 is 9.47 Å². The van der Waals surface area contributed by atoms with Gasteiger partial charge in [-0.05, 0) is 55.8 Å². The lowest BCUT2D eigenvalue weighted by atomic mass is 9.68. The van der Waals surface area contributed by atoms with Crippen molar-refractivity contribution >= 4 is 0 Å². The molecule has 2 aliphatic rings. The summed E-state index contributed by atoms with van der Waals surface area (Å²) in [7, 11) is 0. The third-order valence-corrected chi connectivity index (χ3v) is 5.46. The van der Waals surface area contributed by atoms with Crippen molar-refractivity contribution in [3.05, 3.63) is 0 Å². The third kappa shape index (κ3) is 4.19. The first-order valence-corrected chi connectivity index (χ1v) is 8.37. The van der Waals surface area contributed by atoms with E-state index < -0.39 is 0 Å². The summed E-state index contributed by atoms with van der Waals surface area (Å²) in [6, 6.07) is 0. The predicted molar refractivity (Wildman–Crippen MR) is 82.7 cm³/mol. The van der Waals surface area contributed by atoms with E-state index in [1.807, 2.05) is 0 Å². The Hall–Kier alpha value is -0.120. The maximum absolute atomic E-state index is 6.34. The van der Waals surface area contributed by atoms with Crippen molar-refractivity contribution in [3.63, 3.8) is 0 Å². The van der Waals surface area contributed by atoms with Crippen LogP contribution in [0.2, 0.25) is 0 Å². The SMILES string of the molecule is CC(C)(C)C1CCC(CN)(OCC2CCOCC2)CC1. The van der Waals surface area contributed by atoms with Gasteiger partial charge in [-0.15, -0.1) is 0 Å². The highest BCUT2D eigenvalue weighted by Gasteiger charge is 2.39. The van der Waals surface area contributed by atoms with Crippen molar-refractivity contribution in [2.45, 2.75) is 64.9 Å². The van der Waals surface area contributed by atoms with Crippen LogP contribution in [0.5, 0.6) is 0 Å². The lowest BCUT2D eigenvalue weighted by Crippen LogP contribution is -2.46. The van der Waals surface area contributed by atoms with E-state index in [0.29, 0.717) is 17.9 Å². The van der Waals surface area contributed by atoms with Gasteiger partial charge < -0.3 is 15.2 Å². The number of nitrogens with two attached hydrogens (primary N) is 1. The van der Waals surface area contributed by atoms with Crippen molar-refractivity contribution in [2.75, 3.05) is 26.4 Å². The van der Waals surface area contributed by atoms with Crippen LogP contribution in [-0.2, 0) is 9.47 Å². The monoisotopic (exact) mass is 283 g/mol. The third-order valence-electron chi connectivity index (χ3n) is 5.46. The molecule has 1 saturated heterocycles. The topological polar surface area (TPSA) is 44.5 Å². The number of ether oxygens (including phenoxy) is 2. The van der Waals surface area contributed by atoms with Gasteiger partial charge in [-0.2, -0.15) is 0 Å². The fourth-order valence-electron chi connectivity index (χ4n) is 3.63. The minimum Gasteiger partial charge on any atom is -0.381 e. The molecule has 118 valence electrons. The highest BCUT2D eigenvalue weighted by Crippen LogP contribution is 2.42. The second-order valence-corrected chi connectivity index (χ2v) is 7.89. The zero-order valence-corrected chi connectivity index (χ0v) is 13.6. The fraction of sp³-hybridized carbons (Fsp3) is 1.00. The van der Waals surface area contributed by atoms with Gasteiger partial charge in [0.05, 0.1) is 12.2 Å². The van der Waals surface area contributed by atoms with Crippen LogP contribution in [0.15, 0.2) is 0 Å². The summed E-state index contributed by atoms with van der Waals surface area (Å²) in [6.45, 7) is 10.4. The van der Waals surface area contributed by atoms with E-state index in [-0.39, 0.29) is 5.60 Å². The maximum Gasteiger partial charge on any atom is 0.0804 e. The van der Waals surface area contributed by atoms with E-state index >= 15 is 0 Å². The molecule has 0 amide bonds. The summed E-state index contributed by atoms with van der Waals surface area (Å²) < 4.78 is 11.8. The molecule has 1 aliphatic carbocycles. The summed E-state index contributed by atoms with van der Waals surface area (Å²) in [5.41, 5.74) is 6.44. The first kappa shape index (κ1) is 16.3. The molecule has 0 radical (unpaired) electrons. The normalized spacial score (nSPS) is 33.3. The standard InChI is InChI=1S/C17H33NO2/c1-16(2,3)15-4-8-17(13-18,9-5-15)20-12-14-6-10-19-11-7-14/h14-15H,4-13,18H2,1-3H3. The van der Waals surface area contributed by atoms with Gasteiger partial charge in [0.2, 0.25) is 0 Å². The van der Waals surface area contributed by atoms with Crippen LogP contribution < -0.4 is 5.73 Å². The lowest BCUT2D eigenvalue weighted by Gasteiger charge is -2.44. The molecule has 1 heterocycles. The molecule has 0 aromatic carbocycles. The molecular formula is C17H33NO2. The zero-order valence-electron chi connectivity index (χ0n) is 13.6. The molecule has 1 aliphatic heterocycles. The fourth-order valence-corrected chi connectivity index (χ4v) is 3.63. The molecule has 2 rings (SSSR count). The summed E-state index contributed by atoms with van der Waals surface area (Å²) in [4.78, 5) is 0. The van der Waals surface area contributed by atoms with Gasteiger partial charge in [-0.25, -0.2) is 0 Å². The van der Waals surface area contributed by atoms with E-state index in [2.05, 4.69) is 20.8 Å². The predicted octanol–water partition coefficient (Wildman–Crippen LogP) is 3.36. The molecule has 1 saturated carbocycles. The molecule has 2 fully saturated rings. The van der Waals surface area contributed by atoms with Gasteiger partial charge >= 0.3 is 0 Å². The lowest BCUT2D eigenvalue weighted by molar-refractivity contribution is -0.101. The Labute approximate surface area is 124 Å². The largest absolute Gasteiger partial charge is 0.381 e. The Kier molecular flexibility index (Phi) is 5.49. The van der Waals surface area contributed by atoms with Crippen molar-refractivity contribution in [1.29, 1.82) is 0 Å². The zero-order chi connectivity index (χ0) is 14.6. The molecule has 0 spiro atoms. The molecule has 0 bridgehead atoms. The number of rotatable bonds is 4. The van der Waals surface area contributed by atoms with E-state index in [1.165, 1.54) is 12.8 Å². The minimum atomic E-state index is -0.0416. The molecule has 0 aromatic rings. The van der Waals surface area contributed by atoms with Crippen molar-refractivity contribution in [2.24, 2.45) is 23.0 Å². The van der Waals surface area contributed by atoms with Crippen LogP contribution in [0.1, 0.15) is 59.3 Å². The van der Waals surface area contributed by atoms with Crippen molar-refractivity contribution in [1.82, 2.24) is 0 Å². The molecule has 20 heavy (non-hydrogen) atoms. The smallest absolute Gasteiger partial charge is 0.0804 e. The highest BCUT2D eigenvalue weighted by atomic mass is 16.5. The molecule has 0 aromatic heterocycles.